The first-order valence-corrected chi connectivity index (χ1v) is 7.16. The molecular weight excluding hydrogens is 295 g/mol. The van der Waals surface area contributed by atoms with Crippen molar-refractivity contribution in [3.63, 3.8) is 0 Å². The number of pyridine rings is 1. The normalized spacial score (nSPS) is 12.4. The van der Waals surface area contributed by atoms with E-state index in [9.17, 15) is 0 Å². The second kappa shape index (κ2) is 6.48. The van der Waals surface area contributed by atoms with Gasteiger partial charge in [-0.2, -0.15) is 0 Å². The molecule has 0 aliphatic rings. The zero-order valence-electron chi connectivity index (χ0n) is 11.4. The van der Waals surface area contributed by atoms with E-state index in [4.69, 9.17) is 28.9 Å². The molecule has 2 aromatic heterocycles. The van der Waals surface area contributed by atoms with Crippen LogP contribution in [0, 0.1) is 6.92 Å². The van der Waals surface area contributed by atoms with Gasteiger partial charge in [-0.1, -0.05) is 30.1 Å². The summed E-state index contributed by atoms with van der Waals surface area (Å²) in [5.41, 5.74) is 8.27. The van der Waals surface area contributed by atoms with Crippen molar-refractivity contribution in [2.24, 2.45) is 5.73 Å². The van der Waals surface area contributed by atoms with Gasteiger partial charge in [0.1, 0.15) is 5.69 Å². The molecule has 2 heterocycles. The van der Waals surface area contributed by atoms with Crippen LogP contribution in [0.4, 0.5) is 0 Å². The predicted molar refractivity (Wildman–Crippen MR) is 82.0 cm³/mol. The van der Waals surface area contributed by atoms with Crippen molar-refractivity contribution in [2.45, 2.75) is 32.7 Å². The Hall–Kier alpha value is -1.23. The van der Waals surface area contributed by atoms with Gasteiger partial charge in [0, 0.05) is 30.0 Å². The Balaban J connectivity index is 2.41. The minimum atomic E-state index is 0.0887. The minimum Gasteiger partial charge on any atom is -0.327 e. The van der Waals surface area contributed by atoms with Gasteiger partial charge in [-0.3, -0.25) is 0 Å². The van der Waals surface area contributed by atoms with Crippen LogP contribution in [0.5, 0.6) is 0 Å². The lowest BCUT2D eigenvalue weighted by atomic mass is 10.1. The van der Waals surface area contributed by atoms with E-state index in [1.807, 2.05) is 13.0 Å². The fourth-order valence-corrected chi connectivity index (χ4v) is 2.30. The number of hydrogen-bond acceptors (Lipinski definition) is 4. The number of nitrogens with zero attached hydrogens (tertiary/aromatic N) is 3. The van der Waals surface area contributed by atoms with Gasteiger partial charge in [-0.15, -0.1) is 0 Å². The fourth-order valence-electron chi connectivity index (χ4n) is 1.84. The molecule has 2 rings (SSSR count). The lowest BCUT2D eigenvalue weighted by Crippen LogP contribution is -2.22. The maximum Gasteiger partial charge on any atom is 0.180 e. The Morgan fingerprint density at radius 3 is 2.65 bits per heavy atom. The van der Waals surface area contributed by atoms with Crippen LogP contribution in [-0.2, 0) is 6.42 Å². The van der Waals surface area contributed by atoms with Crippen LogP contribution in [0.2, 0.25) is 10.0 Å². The standard InChI is InChI=1S/C14H16Cl2N4/c1-3-10(17)6-11-4-8(2)19-14(20-11)13-12(16)5-9(15)7-18-13/h4-5,7,10H,3,6,17H2,1-2H3. The highest BCUT2D eigenvalue weighted by molar-refractivity contribution is 6.35. The zero-order chi connectivity index (χ0) is 14.7. The van der Waals surface area contributed by atoms with Crippen molar-refractivity contribution >= 4 is 23.2 Å². The third kappa shape index (κ3) is 3.66. The van der Waals surface area contributed by atoms with Crippen LogP contribution in [0.1, 0.15) is 24.7 Å². The number of hydrogen-bond donors (Lipinski definition) is 1. The fraction of sp³-hybridized carbons (Fsp3) is 0.357. The van der Waals surface area contributed by atoms with Gasteiger partial charge in [-0.25, -0.2) is 15.0 Å². The van der Waals surface area contributed by atoms with Crippen molar-refractivity contribution in [1.82, 2.24) is 15.0 Å². The Labute approximate surface area is 128 Å². The van der Waals surface area contributed by atoms with Crippen molar-refractivity contribution in [3.05, 3.63) is 39.8 Å². The molecule has 1 unspecified atom stereocenters. The summed E-state index contributed by atoms with van der Waals surface area (Å²) in [5, 5.41) is 0.925. The van der Waals surface area contributed by atoms with E-state index in [1.54, 1.807) is 6.07 Å². The molecule has 2 N–H and O–H groups in total. The summed E-state index contributed by atoms with van der Waals surface area (Å²) in [6.45, 7) is 3.97. The van der Waals surface area contributed by atoms with Crippen molar-refractivity contribution in [2.75, 3.05) is 0 Å². The van der Waals surface area contributed by atoms with Gasteiger partial charge in [-0.05, 0) is 25.5 Å². The van der Waals surface area contributed by atoms with E-state index in [-0.39, 0.29) is 6.04 Å². The molecule has 0 spiro atoms. The molecular formula is C14H16Cl2N4. The van der Waals surface area contributed by atoms with Gasteiger partial charge in [0.2, 0.25) is 0 Å². The summed E-state index contributed by atoms with van der Waals surface area (Å²) in [5.74, 6) is 0.505. The summed E-state index contributed by atoms with van der Waals surface area (Å²) in [7, 11) is 0. The summed E-state index contributed by atoms with van der Waals surface area (Å²) in [6, 6.07) is 3.66. The van der Waals surface area contributed by atoms with Crippen molar-refractivity contribution < 1.29 is 0 Å². The molecule has 0 saturated heterocycles. The molecule has 6 heteroatoms. The van der Waals surface area contributed by atoms with E-state index in [1.165, 1.54) is 6.20 Å². The first-order valence-electron chi connectivity index (χ1n) is 6.41. The van der Waals surface area contributed by atoms with Gasteiger partial charge in [0.25, 0.3) is 0 Å². The van der Waals surface area contributed by atoms with E-state index >= 15 is 0 Å². The number of rotatable bonds is 4. The molecule has 2 aromatic rings. The van der Waals surface area contributed by atoms with E-state index in [0.717, 1.165) is 17.8 Å². The van der Waals surface area contributed by atoms with Crippen LogP contribution in [0.25, 0.3) is 11.5 Å². The lowest BCUT2D eigenvalue weighted by molar-refractivity contribution is 0.635. The minimum absolute atomic E-state index is 0.0887. The van der Waals surface area contributed by atoms with Crippen LogP contribution in [-0.4, -0.2) is 21.0 Å². The highest BCUT2D eigenvalue weighted by Crippen LogP contribution is 2.25. The number of nitrogens with two attached hydrogens (primary N) is 1. The second-order valence-corrected chi connectivity index (χ2v) is 5.52. The van der Waals surface area contributed by atoms with Crippen molar-refractivity contribution in [1.29, 1.82) is 0 Å². The second-order valence-electron chi connectivity index (χ2n) is 4.68. The van der Waals surface area contributed by atoms with E-state index in [2.05, 4.69) is 21.9 Å². The Kier molecular flexibility index (Phi) is 4.91. The molecule has 0 aromatic carbocycles. The topological polar surface area (TPSA) is 64.7 Å². The Morgan fingerprint density at radius 2 is 2.00 bits per heavy atom. The monoisotopic (exact) mass is 310 g/mol. The SMILES string of the molecule is CCC(N)Cc1cc(C)nc(-c2ncc(Cl)cc2Cl)n1. The smallest absolute Gasteiger partial charge is 0.180 e. The maximum absolute atomic E-state index is 6.15. The first kappa shape index (κ1) is 15.2. The highest BCUT2D eigenvalue weighted by Gasteiger charge is 2.12. The van der Waals surface area contributed by atoms with Crippen LogP contribution < -0.4 is 5.73 Å². The average molecular weight is 311 g/mol. The Bertz CT molecular complexity index is 616. The number of aryl methyl sites for hydroxylation is 1. The summed E-state index contributed by atoms with van der Waals surface area (Å²) >= 11 is 12.0. The summed E-state index contributed by atoms with van der Waals surface area (Å²) in [4.78, 5) is 13.1. The van der Waals surface area contributed by atoms with Crippen LogP contribution in [0.3, 0.4) is 0 Å². The Morgan fingerprint density at radius 1 is 1.25 bits per heavy atom. The van der Waals surface area contributed by atoms with Crippen LogP contribution >= 0.6 is 23.2 Å². The van der Waals surface area contributed by atoms with Crippen molar-refractivity contribution in [3.8, 4) is 11.5 Å². The number of aromatic nitrogens is 3. The van der Waals surface area contributed by atoms with E-state index < -0.39 is 0 Å². The zero-order valence-corrected chi connectivity index (χ0v) is 12.9. The molecule has 0 amide bonds. The maximum atomic E-state index is 6.15. The van der Waals surface area contributed by atoms with Gasteiger partial charge in [0.15, 0.2) is 5.82 Å². The molecule has 0 saturated carbocycles. The molecule has 0 aliphatic heterocycles. The largest absolute Gasteiger partial charge is 0.327 e. The average Bonchev–Trinajstić information content (AvgIpc) is 2.37. The highest BCUT2D eigenvalue weighted by atomic mass is 35.5. The quantitative estimate of drug-likeness (QED) is 0.939. The van der Waals surface area contributed by atoms with Gasteiger partial charge >= 0.3 is 0 Å². The van der Waals surface area contributed by atoms with Gasteiger partial charge in [0.05, 0.1) is 10.0 Å². The molecule has 1 atom stereocenters. The molecule has 0 aliphatic carbocycles. The van der Waals surface area contributed by atoms with Gasteiger partial charge < -0.3 is 5.73 Å². The molecule has 0 bridgehead atoms. The summed E-state index contributed by atoms with van der Waals surface area (Å²) in [6.07, 6.45) is 3.14. The third-order valence-electron chi connectivity index (χ3n) is 2.92. The lowest BCUT2D eigenvalue weighted by Gasteiger charge is -2.10. The molecule has 0 radical (unpaired) electrons. The number of halogens is 2. The van der Waals surface area contributed by atoms with E-state index in [0.29, 0.717) is 28.0 Å². The summed E-state index contributed by atoms with van der Waals surface area (Å²) < 4.78 is 0. The third-order valence-corrected chi connectivity index (χ3v) is 3.42. The molecule has 20 heavy (non-hydrogen) atoms. The molecule has 106 valence electrons. The predicted octanol–water partition coefficient (Wildman–Crippen LogP) is 3.43. The molecule has 0 fully saturated rings. The first-order chi connectivity index (χ1) is 9.49. The molecule has 4 nitrogen and oxygen atoms in total. The van der Waals surface area contributed by atoms with Crippen LogP contribution in [0.15, 0.2) is 18.3 Å².